The Morgan fingerprint density at radius 3 is 2.70 bits per heavy atom. The molecule has 1 aromatic heterocycles. The first-order valence-corrected chi connectivity index (χ1v) is 7.61. The minimum absolute atomic E-state index is 0.238. The number of nitrogens with one attached hydrogen (secondary N) is 1. The summed E-state index contributed by atoms with van der Waals surface area (Å²) in [5.41, 5.74) is 0.849. The molecule has 1 atom stereocenters. The van der Waals surface area contributed by atoms with E-state index < -0.39 is 17.7 Å². The molecule has 2 aromatic rings. The molecule has 0 radical (unpaired) electrons. The van der Waals surface area contributed by atoms with Gasteiger partial charge in [-0.15, -0.1) is 0 Å². The molecule has 0 aliphatic heterocycles. The summed E-state index contributed by atoms with van der Waals surface area (Å²) in [5, 5.41) is 3.13. The Labute approximate surface area is 132 Å². The summed E-state index contributed by atoms with van der Waals surface area (Å²) in [6.07, 6.45) is 1.63. The Morgan fingerprint density at radius 1 is 1.30 bits per heavy atom. The number of hydrogen-bond acceptors (Lipinski definition) is 2. The highest BCUT2D eigenvalue weighted by Gasteiger charge is 2.22. The second kappa shape index (κ2) is 6.74. The van der Waals surface area contributed by atoms with E-state index in [1.807, 2.05) is 13.0 Å². The predicted molar refractivity (Wildman–Crippen MR) is 81.5 cm³/mol. The summed E-state index contributed by atoms with van der Waals surface area (Å²) < 4.78 is 29.0. The van der Waals surface area contributed by atoms with Crippen molar-refractivity contribution >= 4 is 31.9 Å². The highest BCUT2D eigenvalue weighted by atomic mass is 79.9. The van der Waals surface area contributed by atoms with Gasteiger partial charge in [-0.1, -0.05) is 19.1 Å². The van der Waals surface area contributed by atoms with E-state index in [4.69, 9.17) is 0 Å². The monoisotopic (exact) mass is 404 g/mol. The van der Waals surface area contributed by atoms with Crippen LogP contribution in [0.1, 0.15) is 24.2 Å². The molecule has 1 aromatic carbocycles. The van der Waals surface area contributed by atoms with Crippen molar-refractivity contribution in [2.24, 2.45) is 0 Å². The summed E-state index contributed by atoms with van der Waals surface area (Å²) in [6.45, 7) is 2.50. The normalized spacial score (nSPS) is 12.4. The zero-order chi connectivity index (χ0) is 14.7. The minimum atomic E-state index is -0.862. The van der Waals surface area contributed by atoms with E-state index in [2.05, 4.69) is 42.2 Å². The Hall–Kier alpha value is -0.850. The van der Waals surface area contributed by atoms with E-state index in [9.17, 15) is 8.78 Å². The van der Waals surface area contributed by atoms with Gasteiger partial charge in [0.25, 0.3) is 0 Å². The third-order valence-electron chi connectivity index (χ3n) is 2.81. The predicted octanol–water partition coefficient (Wildman–Crippen LogP) is 4.58. The van der Waals surface area contributed by atoms with Crippen molar-refractivity contribution in [3.63, 3.8) is 0 Å². The van der Waals surface area contributed by atoms with Gasteiger partial charge in [-0.2, -0.15) is 0 Å². The molecule has 1 N–H and O–H groups in total. The molecule has 0 aliphatic rings. The molecule has 0 saturated heterocycles. The van der Waals surface area contributed by atoms with Gasteiger partial charge in [0.1, 0.15) is 0 Å². The van der Waals surface area contributed by atoms with Gasteiger partial charge >= 0.3 is 0 Å². The molecule has 0 saturated carbocycles. The van der Waals surface area contributed by atoms with Crippen LogP contribution in [0.4, 0.5) is 8.78 Å². The average molecular weight is 406 g/mol. The number of pyridine rings is 1. The molecule has 1 heterocycles. The fraction of sp³-hybridized carbons (Fsp3) is 0.214. The van der Waals surface area contributed by atoms with Crippen molar-refractivity contribution in [3.05, 3.63) is 62.3 Å². The summed E-state index contributed by atoms with van der Waals surface area (Å²) in [7, 11) is 0. The first-order chi connectivity index (χ1) is 9.54. The van der Waals surface area contributed by atoms with Gasteiger partial charge in [-0.25, -0.2) is 8.78 Å². The maximum absolute atomic E-state index is 14.0. The number of aromatic nitrogens is 1. The topological polar surface area (TPSA) is 24.9 Å². The second-order valence-corrected chi connectivity index (χ2v) is 5.92. The second-order valence-electron chi connectivity index (χ2n) is 4.15. The third kappa shape index (κ3) is 3.24. The summed E-state index contributed by atoms with van der Waals surface area (Å²) in [5.74, 6) is -1.71. The molecule has 0 bridgehead atoms. The molecule has 1 unspecified atom stereocenters. The van der Waals surface area contributed by atoms with Crippen LogP contribution in [0.3, 0.4) is 0 Å². The lowest BCUT2D eigenvalue weighted by Crippen LogP contribution is -2.24. The Balaban J connectivity index is 2.53. The lowest BCUT2D eigenvalue weighted by atomic mass is 10.0. The van der Waals surface area contributed by atoms with Crippen LogP contribution in [0.5, 0.6) is 0 Å². The lowest BCUT2D eigenvalue weighted by molar-refractivity contribution is 0.480. The fourth-order valence-corrected chi connectivity index (χ4v) is 3.16. The van der Waals surface area contributed by atoms with Crippen molar-refractivity contribution in [1.82, 2.24) is 10.3 Å². The number of hydrogen-bond donors (Lipinski definition) is 1. The van der Waals surface area contributed by atoms with E-state index in [1.165, 1.54) is 6.07 Å². The van der Waals surface area contributed by atoms with E-state index in [0.717, 1.165) is 15.0 Å². The van der Waals surface area contributed by atoms with Gasteiger partial charge in [0.2, 0.25) is 0 Å². The van der Waals surface area contributed by atoms with Crippen molar-refractivity contribution in [1.29, 1.82) is 0 Å². The first-order valence-electron chi connectivity index (χ1n) is 6.02. The molecule has 6 heteroatoms. The number of rotatable bonds is 4. The molecular formula is C14H12Br2F2N2. The molecule has 20 heavy (non-hydrogen) atoms. The Bertz CT molecular complexity index is 620. The molecule has 0 fully saturated rings. The van der Waals surface area contributed by atoms with Crippen molar-refractivity contribution < 1.29 is 8.78 Å². The largest absolute Gasteiger partial charge is 0.305 e. The van der Waals surface area contributed by atoms with Crippen LogP contribution < -0.4 is 5.32 Å². The summed E-state index contributed by atoms with van der Waals surface area (Å²) in [6, 6.07) is 5.46. The van der Waals surface area contributed by atoms with Crippen molar-refractivity contribution in [3.8, 4) is 0 Å². The molecule has 0 amide bonds. The van der Waals surface area contributed by atoms with Crippen LogP contribution >= 0.6 is 31.9 Å². The Morgan fingerprint density at radius 2 is 2.05 bits per heavy atom. The number of halogens is 4. The highest BCUT2D eigenvalue weighted by molar-refractivity contribution is 9.11. The van der Waals surface area contributed by atoms with Crippen molar-refractivity contribution in [2.75, 3.05) is 6.54 Å². The fourth-order valence-electron chi connectivity index (χ4n) is 1.94. The van der Waals surface area contributed by atoms with E-state index in [1.54, 1.807) is 12.3 Å². The quantitative estimate of drug-likeness (QED) is 0.804. The van der Waals surface area contributed by atoms with Gasteiger partial charge < -0.3 is 5.32 Å². The smallest absolute Gasteiger partial charge is 0.163 e. The molecule has 106 valence electrons. The van der Waals surface area contributed by atoms with Crippen molar-refractivity contribution in [2.45, 2.75) is 13.0 Å². The van der Waals surface area contributed by atoms with E-state index in [-0.39, 0.29) is 5.56 Å². The number of nitrogens with zero attached hydrogens (tertiary/aromatic N) is 1. The average Bonchev–Trinajstić information content (AvgIpc) is 2.40. The first kappa shape index (κ1) is 15.5. The summed E-state index contributed by atoms with van der Waals surface area (Å²) in [4.78, 5) is 4.30. The third-order valence-corrected chi connectivity index (χ3v) is 3.88. The van der Waals surface area contributed by atoms with Crippen LogP contribution in [0.15, 0.2) is 39.4 Å². The molecular weight excluding hydrogens is 394 g/mol. The molecule has 2 nitrogen and oxygen atoms in total. The standard InChI is InChI=1S/C14H12Br2F2N2/c1-2-19-13(9-4-3-5-11(17)12(9)18)14-10(16)6-8(15)7-20-14/h3-7,13,19H,2H2,1H3. The van der Waals surface area contributed by atoms with Crippen LogP contribution in [-0.2, 0) is 0 Å². The van der Waals surface area contributed by atoms with Gasteiger partial charge in [0, 0.05) is 20.7 Å². The highest BCUT2D eigenvalue weighted by Crippen LogP contribution is 2.30. The van der Waals surface area contributed by atoms with Gasteiger partial charge in [0.15, 0.2) is 11.6 Å². The molecule has 0 spiro atoms. The maximum atomic E-state index is 14.0. The van der Waals surface area contributed by atoms with Crippen LogP contribution in [-0.4, -0.2) is 11.5 Å². The van der Waals surface area contributed by atoms with Gasteiger partial charge in [0.05, 0.1) is 11.7 Å². The van der Waals surface area contributed by atoms with Gasteiger partial charge in [-0.3, -0.25) is 4.98 Å². The Kier molecular flexibility index (Phi) is 5.23. The zero-order valence-corrected chi connectivity index (χ0v) is 13.8. The summed E-state index contributed by atoms with van der Waals surface area (Å²) >= 11 is 6.73. The van der Waals surface area contributed by atoms with E-state index >= 15 is 0 Å². The number of benzene rings is 1. The SMILES string of the molecule is CCNC(c1cccc(F)c1F)c1ncc(Br)cc1Br. The maximum Gasteiger partial charge on any atom is 0.163 e. The van der Waals surface area contributed by atoms with Gasteiger partial charge in [-0.05, 0) is 50.5 Å². The lowest BCUT2D eigenvalue weighted by Gasteiger charge is -2.20. The molecule has 0 aliphatic carbocycles. The molecule has 2 rings (SSSR count). The minimum Gasteiger partial charge on any atom is -0.305 e. The van der Waals surface area contributed by atoms with Crippen LogP contribution in [0, 0.1) is 11.6 Å². The van der Waals surface area contributed by atoms with Crippen LogP contribution in [0.2, 0.25) is 0 Å². The zero-order valence-electron chi connectivity index (χ0n) is 10.6. The van der Waals surface area contributed by atoms with Crippen LogP contribution in [0.25, 0.3) is 0 Å². The van der Waals surface area contributed by atoms with E-state index in [0.29, 0.717) is 12.2 Å².